The number of aromatic nitrogens is 1. The Morgan fingerprint density at radius 1 is 1.46 bits per heavy atom. The van der Waals surface area contributed by atoms with Crippen molar-refractivity contribution in [2.24, 2.45) is 0 Å². The van der Waals surface area contributed by atoms with E-state index in [1.807, 2.05) is 6.92 Å². The average molecular weight is 180 g/mol. The van der Waals surface area contributed by atoms with Crippen molar-refractivity contribution in [3.05, 3.63) is 17.8 Å². The summed E-state index contributed by atoms with van der Waals surface area (Å²) in [6.45, 7) is 5.54. The molecule has 1 aliphatic rings. The third kappa shape index (κ3) is 2.31. The van der Waals surface area contributed by atoms with Gasteiger partial charge in [-0.3, -0.25) is 0 Å². The highest BCUT2D eigenvalue weighted by atomic mass is 16.3. The number of nitrogens with zero attached hydrogens (tertiary/aromatic N) is 2. The third-order valence-electron chi connectivity index (χ3n) is 2.55. The molecule has 13 heavy (non-hydrogen) atoms. The molecule has 0 radical (unpaired) electrons. The standard InChI is InChI=1S/C10H16N2O/c1-9-11-10(8-13-9)4-7-12-5-2-3-6-12/h8H,2-7H2,1H3. The maximum atomic E-state index is 5.15. The Labute approximate surface area is 78.8 Å². The molecule has 0 spiro atoms. The maximum absolute atomic E-state index is 5.15. The molecule has 0 aliphatic carbocycles. The molecule has 0 N–H and O–H groups in total. The van der Waals surface area contributed by atoms with Crippen LogP contribution in [-0.2, 0) is 6.42 Å². The summed E-state index contributed by atoms with van der Waals surface area (Å²) in [4.78, 5) is 6.77. The van der Waals surface area contributed by atoms with E-state index in [2.05, 4.69) is 9.88 Å². The number of rotatable bonds is 3. The number of oxazole rings is 1. The zero-order valence-corrected chi connectivity index (χ0v) is 8.12. The summed E-state index contributed by atoms with van der Waals surface area (Å²) in [6, 6.07) is 0. The SMILES string of the molecule is Cc1nc(CCN2CCCC2)co1. The van der Waals surface area contributed by atoms with E-state index in [1.165, 1.54) is 25.9 Å². The molecule has 0 unspecified atom stereocenters. The molecule has 0 amide bonds. The van der Waals surface area contributed by atoms with Crippen molar-refractivity contribution in [1.29, 1.82) is 0 Å². The third-order valence-corrected chi connectivity index (χ3v) is 2.55. The highest BCUT2D eigenvalue weighted by molar-refractivity contribution is 4.96. The molecular formula is C10H16N2O. The molecule has 72 valence electrons. The molecule has 1 aromatic rings. The van der Waals surface area contributed by atoms with Crippen molar-refractivity contribution >= 4 is 0 Å². The summed E-state index contributed by atoms with van der Waals surface area (Å²) >= 11 is 0. The minimum atomic E-state index is 0.774. The van der Waals surface area contributed by atoms with Crippen molar-refractivity contribution in [1.82, 2.24) is 9.88 Å². The monoisotopic (exact) mass is 180 g/mol. The van der Waals surface area contributed by atoms with E-state index in [-0.39, 0.29) is 0 Å². The van der Waals surface area contributed by atoms with Gasteiger partial charge in [-0.05, 0) is 25.9 Å². The van der Waals surface area contributed by atoms with E-state index >= 15 is 0 Å². The van der Waals surface area contributed by atoms with Crippen LogP contribution in [0.2, 0.25) is 0 Å². The van der Waals surface area contributed by atoms with Gasteiger partial charge in [0.2, 0.25) is 0 Å². The lowest BCUT2D eigenvalue weighted by Gasteiger charge is -2.12. The van der Waals surface area contributed by atoms with Gasteiger partial charge in [0, 0.05) is 19.9 Å². The highest BCUT2D eigenvalue weighted by Crippen LogP contribution is 2.08. The zero-order valence-electron chi connectivity index (χ0n) is 8.12. The Morgan fingerprint density at radius 2 is 2.23 bits per heavy atom. The van der Waals surface area contributed by atoms with Crippen molar-refractivity contribution in [2.45, 2.75) is 26.2 Å². The van der Waals surface area contributed by atoms with Gasteiger partial charge in [0.1, 0.15) is 6.26 Å². The predicted octanol–water partition coefficient (Wildman–Crippen LogP) is 1.62. The average Bonchev–Trinajstić information content (AvgIpc) is 2.71. The normalized spacial score (nSPS) is 18.2. The fraction of sp³-hybridized carbons (Fsp3) is 0.700. The van der Waals surface area contributed by atoms with Gasteiger partial charge in [0.15, 0.2) is 5.89 Å². The van der Waals surface area contributed by atoms with Crippen LogP contribution in [0.25, 0.3) is 0 Å². The Kier molecular flexibility index (Phi) is 2.64. The molecule has 2 rings (SSSR count). The molecule has 1 aromatic heterocycles. The van der Waals surface area contributed by atoms with Crippen molar-refractivity contribution < 1.29 is 4.42 Å². The molecule has 1 fully saturated rings. The van der Waals surface area contributed by atoms with Crippen LogP contribution in [-0.4, -0.2) is 29.5 Å². The summed E-state index contributed by atoms with van der Waals surface area (Å²) in [5.74, 6) is 0.774. The lowest BCUT2D eigenvalue weighted by atomic mass is 10.3. The van der Waals surface area contributed by atoms with Gasteiger partial charge in [-0.15, -0.1) is 0 Å². The number of likely N-dealkylation sites (tertiary alicyclic amines) is 1. The first-order chi connectivity index (χ1) is 6.34. The van der Waals surface area contributed by atoms with E-state index in [9.17, 15) is 0 Å². The Hall–Kier alpha value is -0.830. The molecule has 2 heterocycles. The second kappa shape index (κ2) is 3.92. The van der Waals surface area contributed by atoms with E-state index < -0.39 is 0 Å². The first-order valence-electron chi connectivity index (χ1n) is 4.98. The fourth-order valence-electron chi connectivity index (χ4n) is 1.80. The van der Waals surface area contributed by atoms with Gasteiger partial charge >= 0.3 is 0 Å². The maximum Gasteiger partial charge on any atom is 0.191 e. The molecule has 0 atom stereocenters. The summed E-state index contributed by atoms with van der Waals surface area (Å²) < 4.78 is 5.15. The van der Waals surface area contributed by atoms with Crippen molar-refractivity contribution in [3.8, 4) is 0 Å². The number of hydrogen-bond acceptors (Lipinski definition) is 3. The van der Waals surface area contributed by atoms with Gasteiger partial charge < -0.3 is 9.32 Å². The number of hydrogen-bond donors (Lipinski definition) is 0. The molecule has 1 saturated heterocycles. The van der Waals surface area contributed by atoms with Crippen molar-refractivity contribution in [3.63, 3.8) is 0 Å². The van der Waals surface area contributed by atoms with E-state index in [0.29, 0.717) is 0 Å². The Bertz CT molecular complexity index is 264. The Morgan fingerprint density at radius 3 is 2.85 bits per heavy atom. The second-order valence-corrected chi connectivity index (χ2v) is 3.66. The summed E-state index contributed by atoms with van der Waals surface area (Å²) in [7, 11) is 0. The van der Waals surface area contributed by atoms with Crippen LogP contribution in [0, 0.1) is 6.92 Å². The topological polar surface area (TPSA) is 29.3 Å². The van der Waals surface area contributed by atoms with Crippen LogP contribution in [0.1, 0.15) is 24.4 Å². The molecule has 3 heteroatoms. The lowest BCUT2D eigenvalue weighted by Crippen LogP contribution is -2.21. The zero-order chi connectivity index (χ0) is 9.10. The second-order valence-electron chi connectivity index (χ2n) is 3.66. The van der Waals surface area contributed by atoms with Crippen LogP contribution < -0.4 is 0 Å². The molecule has 1 aliphatic heterocycles. The van der Waals surface area contributed by atoms with Crippen molar-refractivity contribution in [2.75, 3.05) is 19.6 Å². The minimum Gasteiger partial charge on any atom is -0.449 e. The molecule has 0 bridgehead atoms. The van der Waals surface area contributed by atoms with Crippen LogP contribution in [0.15, 0.2) is 10.7 Å². The summed E-state index contributed by atoms with van der Waals surface area (Å²) in [5.41, 5.74) is 1.09. The van der Waals surface area contributed by atoms with E-state index in [1.54, 1.807) is 6.26 Å². The quantitative estimate of drug-likeness (QED) is 0.708. The summed E-state index contributed by atoms with van der Waals surface area (Å²) in [5, 5.41) is 0. The van der Waals surface area contributed by atoms with Crippen LogP contribution in [0.3, 0.4) is 0 Å². The molecular weight excluding hydrogens is 164 g/mol. The summed E-state index contributed by atoms with van der Waals surface area (Å²) in [6.07, 6.45) is 5.51. The number of aryl methyl sites for hydroxylation is 1. The van der Waals surface area contributed by atoms with Gasteiger partial charge in [0.05, 0.1) is 5.69 Å². The highest BCUT2D eigenvalue weighted by Gasteiger charge is 2.11. The smallest absolute Gasteiger partial charge is 0.191 e. The van der Waals surface area contributed by atoms with Gasteiger partial charge in [0.25, 0.3) is 0 Å². The van der Waals surface area contributed by atoms with Gasteiger partial charge in [-0.2, -0.15) is 0 Å². The molecule has 0 aromatic carbocycles. The first-order valence-corrected chi connectivity index (χ1v) is 4.98. The Balaban J connectivity index is 1.78. The largest absolute Gasteiger partial charge is 0.449 e. The van der Waals surface area contributed by atoms with E-state index in [0.717, 1.165) is 24.6 Å². The lowest BCUT2D eigenvalue weighted by molar-refractivity contribution is 0.342. The first kappa shape index (κ1) is 8.75. The van der Waals surface area contributed by atoms with Crippen LogP contribution >= 0.6 is 0 Å². The molecule has 0 saturated carbocycles. The van der Waals surface area contributed by atoms with Gasteiger partial charge in [-0.1, -0.05) is 0 Å². The molecule has 3 nitrogen and oxygen atoms in total. The van der Waals surface area contributed by atoms with Crippen LogP contribution in [0.5, 0.6) is 0 Å². The minimum absolute atomic E-state index is 0.774. The van der Waals surface area contributed by atoms with Gasteiger partial charge in [-0.25, -0.2) is 4.98 Å². The van der Waals surface area contributed by atoms with Crippen LogP contribution in [0.4, 0.5) is 0 Å². The predicted molar refractivity (Wildman–Crippen MR) is 50.6 cm³/mol. The fourth-order valence-corrected chi connectivity index (χ4v) is 1.80. The van der Waals surface area contributed by atoms with E-state index in [4.69, 9.17) is 4.42 Å².